The van der Waals surface area contributed by atoms with Gasteiger partial charge in [-0.25, -0.2) is 0 Å². The summed E-state index contributed by atoms with van der Waals surface area (Å²) in [5.41, 5.74) is 1.82. The predicted molar refractivity (Wildman–Crippen MR) is 110 cm³/mol. The first-order chi connectivity index (χ1) is 14.8. The maximum atomic E-state index is 5.65. The minimum atomic E-state index is 0.0959. The van der Waals surface area contributed by atoms with Crippen LogP contribution < -0.4 is 9.47 Å². The molecule has 0 N–H and O–H groups in total. The van der Waals surface area contributed by atoms with Gasteiger partial charge < -0.3 is 18.7 Å². The van der Waals surface area contributed by atoms with Gasteiger partial charge in [0.1, 0.15) is 23.8 Å². The van der Waals surface area contributed by atoms with Crippen LogP contribution in [0.5, 0.6) is 11.5 Å². The molecule has 3 aromatic rings. The maximum absolute atomic E-state index is 5.65. The summed E-state index contributed by atoms with van der Waals surface area (Å²) in [5.74, 6) is 2.65. The number of hydrogen-bond acceptors (Lipinski definition) is 8. The number of aromatic nitrogens is 3. The van der Waals surface area contributed by atoms with E-state index in [1.54, 1.807) is 26.5 Å². The number of benzene rings is 1. The Morgan fingerprint density at radius 1 is 1.13 bits per heavy atom. The van der Waals surface area contributed by atoms with Crippen LogP contribution in [0.15, 0.2) is 47.1 Å². The molecule has 1 aliphatic heterocycles. The molecule has 1 saturated heterocycles. The van der Waals surface area contributed by atoms with E-state index in [0.29, 0.717) is 36.4 Å². The Labute approximate surface area is 175 Å². The third kappa shape index (κ3) is 4.77. The van der Waals surface area contributed by atoms with Crippen molar-refractivity contribution in [2.45, 2.75) is 25.4 Å². The third-order valence-electron chi connectivity index (χ3n) is 5.13. The minimum absolute atomic E-state index is 0.0959. The van der Waals surface area contributed by atoms with Crippen molar-refractivity contribution in [3.05, 3.63) is 54.0 Å². The van der Waals surface area contributed by atoms with Crippen molar-refractivity contribution in [1.82, 2.24) is 20.0 Å². The quantitative estimate of drug-likeness (QED) is 0.496. The standard InChI is InChI=1S/C22H26N4O4/c1-27-11-12-29-18-8-9-23-19(14-18)21-24-22(30-25-21)20-7-4-10-26(20)15-16-5-3-6-17(13-16)28-2/h3,5-6,8-9,13-14,20H,4,7,10-12,15H2,1-2H3. The van der Waals surface area contributed by atoms with Gasteiger partial charge in [-0.05, 0) is 43.1 Å². The highest BCUT2D eigenvalue weighted by molar-refractivity contribution is 5.50. The second-order valence-corrected chi connectivity index (χ2v) is 7.15. The molecular formula is C22H26N4O4. The number of rotatable bonds is 9. The van der Waals surface area contributed by atoms with E-state index >= 15 is 0 Å². The average molecular weight is 410 g/mol. The zero-order chi connectivity index (χ0) is 20.8. The fourth-order valence-corrected chi connectivity index (χ4v) is 3.64. The Bertz CT molecular complexity index is 962. The lowest BCUT2D eigenvalue weighted by Crippen LogP contribution is -2.23. The van der Waals surface area contributed by atoms with Crippen molar-refractivity contribution >= 4 is 0 Å². The molecule has 158 valence electrons. The fraction of sp³-hybridized carbons (Fsp3) is 0.409. The van der Waals surface area contributed by atoms with Crippen molar-refractivity contribution in [2.75, 3.05) is 34.0 Å². The summed E-state index contributed by atoms with van der Waals surface area (Å²) in [6, 6.07) is 11.8. The molecule has 0 bridgehead atoms. The van der Waals surface area contributed by atoms with Crippen molar-refractivity contribution in [2.24, 2.45) is 0 Å². The summed E-state index contributed by atoms with van der Waals surface area (Å²) < 4.78 is 21.6. The number of pyridine rings is 1. The van der Waals surface area contributed by atoms with E-state index in [-0.39, 0.29) is 6.04 Å². The third-order valence-corrected chi connectivity index (χ3v) is 5.13. The highest BCUT2D eigenvalue weighted by Gasteiger charge is 2.31. The van der Waals surface area contributed by atoms with E-state index in [0.717, 1.165) is 31.7 Å². The molecule has 8 heteroatoms. The number of nitrogens with zero attached hydrogens (tertiary/aromatic N) is 4. The number of methoxy groups -OCH3 is 2. The lowest BCUT2D eigenvalue weighted by Gasteiger charge is -2.21. The first-order valence-electron chi connectivity index (χ1n) is 10.1. The lowest BCUT2D eigenvalue weighted by atomic mass is 10.1. The van der Waals surface area contributed by atoms with Gasteiger partial charge >= 0.3 is 0 Å². The van der Waals surface area contributed by atoms with Gasteiger partial charge in [0.05, 0.1) is 19.8 Å². The van der Waals surface area contributed by atoms with E-state index in [1.807, 2.05) is 18.2 Å². The molecule has 0 radical (unpaired) electrons. The molecular weight excluding hydrogens is 384 g/mol. The lowest BCUT2D eigenvalue weighted by molar-refractivity contribution is 0.146. The fourth-order valence-electron chi connectivity index (χ4n) is 3.64. The van der Waals surface area contributed by atoms with E-state index < -0.39 is 0 Å². The van der Waals surface area contributed by atoms with E-state index in [9.17, 15) is 0 Å². The molecule has 0 spiro atoms. The Hall–Kier alpha value is -2.97. The summed E-state index contributed by atoms with van der Waals surface area (Å²) in [6.07, 6.45) is 3.75. The van der Waals surface area contributed by atoms with E-state index in [2.05, 4.69) is 32.2 Å². The second-order valence-electron chi connectivity index (χ2n) is 7.15. The number of hydrogen-bond donors (Lipinski definition) is 0. The average Bonchev–Trinajstić information content (AvgIpc) is 3.44. The Morgan fingerprint density at radius 3 is 2.93 bits per heavy atom. The van der Waals surface area contributed by atoms with Gasteiger partial charge in [-0.1, -0.05) is 17.3 Å². The molecule has 1 aromatic carbocycles. The van der Waals surface area contributed by atoms with Crippen molar-refractivity contribution in [3.63, 3.8) is 0 Å². The summed E-state index contributed by atoms with van der Waals surface area (Å²) >= 11 is 0. The molecule has 0 aliphatic carbocycles. The summed E-state index contributed by atoms with van der Waals surface area (Å²) in [4.78, 5) is 11.4. The second kappa shape index (κ2) is 9.69. The Balaban J connectivity index is 1.47. The molecule has 0 amide bonds. The monoisotopic (exact) mass is 410 g/mol. The Morgan fingerprint density at radius 2 is 2.07 bits per heavy atom. The van der Waals surface area contributed by atoms with Crippen LogP contribution in [0.1, 0.15) is 30.3 Å². The van der Waals surface area contributed by atoms with Gasteiger partial charge in [0.25, 0.3) is 0 Å². The number of ether oxygens (including phenoxy) is 3. The Kier molecular flexibility index (Phi) is 6.56. The van der Waals surface area contributed by atoms with Crippen LogP contribution in [0.2, 0.25) is 0 Å². The molecule has 0 saturated carbocycles. The highest BCUT2D eigenvalue weighted by Crippen LogP contribution is 2.33. The molecule has 8 nitrogen and oxygen atoms in total. The molecule has 1 fully saturated rings. The smallest absolute Gasteiger partial charge is 0.244 e. The molecule has 1 atom stereocenters. The predicted octanol–water partition coefficient (Wildman–Crippen LogP) is 3.50. The summed E-state index contributed by atoms with van der Waals surface area (Å²) in [5, 5.41) is 4.16. The molecule has 1 unspecified atom stereocenters. The van der Waals surface area contributed by atoms with Crippen LogP contribution in [-0.4, -0.2) is 54.0 Å². The minimum Gasteiger partial charge on any atom is -0.497 e. The molecule has 3 heterocycles. The van der Waals surface area contributed by atoms with Crippen LogP contribution in [-0.2, 0) is 11.3 Å². The van der Waals surface area contributed by atoms with E-state index in [4.69, 9.17) is 18.7 Å². The van der Waals surface area contributed by atoms with Crippen LogP contribution >= 0.6 is 0 Å². The normalized spacial score (nSPS) is 16.7. The zero-order valence-electron chi connectivity index (χ0n) is 17.3. The van der Waals surface area contributed by atoms with Crippen LogP contribution in [0.25, 0.3) is 11.5 Å². The van der Waals surface area contributed by atoms with Gasteiger partial charge in [0.15, 0.2) is 0 Å². The van der Waals surface area contributed by atoms with Gasteiger partial charge in [-0.15, -0.1) is 0 Å². The van der Waals surface area contributed by atoms with Crippen molar-refractivity contribution in [3.8, 4) is 23.0 Å². The molecule has 30 heavy (non-hydrogen) atoms. The van der Waals surface area contributed by atoms with Gasteiger partial charge in [0, 0.05) is 25.9 Å². The van der Waals surface area contributed by atoms with Gasteiger partial charge in [0.2, 0.25) is 11.7 Å². The van der Waals surface area contributed by atoms with Gasteiger partial charge in [-0.3, -0.25) is 9.88 Å². The van der Waals surface area contributed by atoms with Crippen molar-refractivity contribution < 1.29 is 18.7 Å². The number of likely N-dealkylation sites (tertiary alicyclic amines) is 1. The highest BCUT2D eigenvalue weighted by atomic mass is 16.5. The van der Waals surface area contributed by atoms with Crippen LogP contribution in [0.4, 0.5) is 0 Å². The first-order valence-corrected chi connectivity index (χ1v) is 10.1. The van der Waals surface area contributed by atoms with Gasteiger partial charge in [-0.2, -0.15) is 4.98 Å². The molecule has 2 aromatic heterocycles. The SMILES string of the molecule is COCCOc1ccnc(-c2noc(C3CCCN3Cc3cccc(OC)c3)n2)c1. The van der Waals surface area contributed by atoms with Crippen LogP contribution in [0.3, 0.4) is 0 Å². The summed E-state index contributed by atoms with van der Waals surface area (Å²) in [7, 11) is 3.33. The van der Waals surface area contributed by atoms with E-state index in [1.165, 1.54) is 5.56 Å². The van der Waals surface area contributed by atoms with Crippen molar-refractivity contribution in [1.29, 1.82) is 0 Å². The summed E-state index contributed by atoms with van der Waals surface area (Å²) in [6.45, 7) is 2.79. The maximum Gasteiger partial charge on any atom is 0.244 e. The zero-order valence-corrected chi connectivity index (χ0v) is 17.3. The largest absolute Gasteiger partial charge is 0.497 e. The first kappa shape index (κ1) is 20.3. The van der Waals surface area contributed by atoms with Crippen LogP contribution in [0, 0.1) is 0 Å². The molecule has 1 aliphatic rings. The topological polar surface area (TPSA) is 82.7 Å². The molecule has 4 rings (SSSR count).